The maximum atomic E-state index is 14.1. The van der Waals surface area contributed by atoms with Crippen LogP contribution in [0.3, 0.4) is 0 Å². The van der Waals surface area contributed by atoms with Crippen molar-refractivity contribution in [2.45, 2.75) is 25.7 Å². The van der Waals surface area contributed by atoms with Gasteiger partial charge in [-0.2, -0.15) is 0 Å². The quantitative estimate of drug-likeness (QED) is 0.770. The number of nitrogens with one attached hydrogen (secondary N) is 1. The first kappa shape index (κ1) is 18.7. The highest BCUT2D eigenvalue weighted by atomic mass is 32.2. The fraction of sp³-hybridized carbons (Fsp3) is 0.350. The number of rotatable bonds is 5. The van der Waals surface area contributed by atoms with E-state index < -0.39 is 21.7 Å². The van der Waals surface area contributed by atoms with E-state index in [4.69, 9.17) is 4.42 Å². The fourth-order valence-electron chi connectivity index (χ4n) is 3.41. The summed E-state index contributed by atoms with van der Waals surface area (Å²) in [5, 5.41) is 2.62. The zero-order valence-corrected chi connectivity index (χ0v) is 16.2. The summed E-state index contributed by atoms with van der Waals surface area (Å²) < 4.78 is 45.0. The summed E-state index contributed by atoms with van der Waals surface area (Å²) >= 11 is 0. The zero-order chi connectivity index (χ0) is 19.9. The highest BCUT2D eigenvalue weighted by Crippen LogP contribution is 2.47. The van der Waals surface area contributed by atoms with Crippen LogP contribution in [0, 0.1) is 11.7 Å². The zero-order valence-electron chi connectivity index (χ0n) is 15.4. The smallest absolute Gasteiger partial charge is 0.248 e. The minimum Gasteiger partial charge on any atom is -0.461 e. The Morgan fingerprint density at radius 1 is 1.32 bits per heavy atom. The molecule has 1 saturated carbocycles. The van der Waals surface area contributed by atoms with Gasteiger partial charge in [-0.1, -0.05) is 6.92 Å². The number of nitrogens with zero attached hydrogens (tertiary/aromatic N) is 1. The number of furan rings is 1. The van der Waals surface area contributed by atoms with E-state index in [2.05, 4.69) is 12.2 Å². The normalized spacial score (nSPS) is 23.3. The predicted octanol–water partition coefficient (Wildman–Crippen LogP) is 3.73. The second kappa shape index (κ2) is 7.09. The van der Waals surface area contributed by atoms with Gasteiger partial charge >= 0.3 is 0 Å². The number of amides is 1. The first-order valence-electron chi connectivity index (χ1n) is 9.22. The maximum Gasteiger partial charge on any atom is 0.248 e. The Balaban J connectivity index is 1.44. The Bertz CT molecular complexity index is 1040. The van der Waals surface area contributed by atoms with Crippen LogP contribution in [0.5, 0.6) is 0 Å². The summed E-state index contributed by atoms with van der Waals surface area (Å²) in [6.07, 6.45) is 4.47. The standard InChI is InChI=1S/C20H21FN2O4S/c1-13-11-16(13)19-7-4-15(27-19)5-8-20(24)22-14-3-6-17(21)18(12-14)23-9-2-10-28(23,25)26/h3-8,12-13,16H,2,9-11H2,1H3,(H,22,24)/b8-5+. The molecule has 1 N–H and O–H groups in total. The molecular formula is C20H21FN2O4S. The molecular weight excluding hydrogens is 383 g/mol. The van der Waals surface area contributed by atoms with Crippen LogP contribution in [0.2, 0.25) is 0 Å². The third kappa shape index (κ3) is 3.82. The van der Waals surface area contributed by atoms with Gasteiger partial charge in [0.25, 0.3) is 0 Å². The van der Waals surface area contributed by atoms with Crippen LogP contribution in [0.15, 0.2) is 40.8 Å². The Kier molecular flexibility index (Phi) is 4.74. The van der Waals surface area contributed by atoms with Gasteiger partial charge in [-0.15, -0.1) is 0 Å². The van der Waals surface area contributed by atoms with Crippen molar-refractivity contribution < 1.29 is 22.0 Å². The van der Waals surface area contributed by atoms with Gasteiger partial charge in [0.1, 0.15) is 17.3 Å². The van der Waals surface area contributed by atoms with E-state index in [1.165, 1.54) is 18.2 Å². The number of halogens is 1. The number of anilines is 2. The van der Waals surface area contributed by atoms with Crippen LogP contribution >= 0.6 is 0 Å². The Morgan fingerprint density at radius 2 is 2.11 bits per heavy atom. The van der Waals surface area contributed by atoms with Crippen molar-refractivity contribution in [2.24, 2.45) is 5.92 Å². The molecule has 0 radical (unpaired) electrons. The average Bonchev–Trinajstić information content (AvgIpc) is 3.04. The van der Waals surface area contributed by atoms with Crippen LogP contribution in [0.4, 0.5) is 15.8 Å². The minimum atomic E-state index is -3.50. The molecule has 1 aromatic heterocycles. The van der Waals surface area contributed by atoms with Crippen LogP contribution in [-0.4, -0.2) is 26.6 Å². The number of sulfonamides is 1. The van der Waals surface area contributed by atoms with E-state index in [1.807, 2.05) is 12.1 Å². The predicted molar refractivity (Wildman–Crippen MR) is 105 cm³/mol. The third-order valence-corrected chi connectivity index (χ3v) is 6.96. The molecule has 2 aromatic rings. The van der Waals surface area contributed by atoms with Crippen LogP contribution in [-0.2, 0) is 14.8 Å². The van der Waals surface area contributed by atoms with Crippen molar-refractivity contribution in [1.82, 2.24) is 0 Å². The first-order chi connectivity index (χ1) is 13.3. The maximum absolute atomic E-state index is 14.1. The molecule has 0 spiro atoms. The van der Waals surface area contributed by atoms with E-state index in [1.54, 1.807) is 6.08 Å². The van der Waals surface area contributed by atoms with E-state index in [0.29, 0.717) is 29.7 Å². The number of carbonyl (C=O) groups is 1. The molecule has 0 bridgehead atoms. The van der Waals surface area contributed by atoms with E-state index >= 15 is 0 Å². The number of hydrogen-bond donors (Lipinski definition) is 1. The van der Waals surface area contributed by atoms with Crippen molar-refractivity contribution in [3.05, 3.63) is 53.7 Å². The number of benzene rings is 1. The third-order valence-electron chi connectivity index (χ3n) is 5.10. The monoisotopic (exact) mass is 404 g/mol. The summed E-state index contributed by atoms with van der Waals surface area (Å²) in [5.41, 5.74) is 0.272. The topological polar surface area (TPSA) is 79.6 Å². The molecule has 2 heterocycles. The minimum absolute atomic E-state index is 0.00344. The number of carbonyl (C=O) groups excluding carboxylic acids is 1. The second-order valence-electron chi connectivity index (χ2n) is 7.29. The molecule has 1 saturated heterocycles. The lowest BCUT2D eigenvalue weighted by Crippen LogP contribution is -2.26. The highest BCUT2D eigenvalue weighted by molar-refractivity contribution is 7.93. The Morgan fingerprint density at radius 3 is 2.79 bits per heavy atom. The van der Waals surface area contributed by atoms with Crippen LogP contribution < -0.4 is 9.62 Å². The van der Waals surface area contributed by atoms with Gasteiger partial charge in [-0.25, -0.2) is 12.8 Å². The molecule has 2 atom stereocenters. The lowest BCUT2D eigenvalue weighted by Gasteiger charge is -2.18. The van der Waals surface area contributed by atoms with E-state index in [0.717, 1.165) is 22.6 Å². The first-order valence-corrected chi connectivity index (χ1v) is 10.8. The number of hydrogen-bond acceptors (Lipinski definition) is 4. The lowest BCUT2D eigenvalue weighted by atomic mass is 10.2. The summed E-state index contributed by atoms with van der Waals surface area (Å²) in [6.45, 7) is 2.40. The van der Waals surface area contributed by atoms with Gasteiger partial charge in [-0.3, -0.25) is 9.10 Å². The van der Waals surface area contributed by atoms with Gasteiger partial charge in [0.2, 0.25) is 15.9 Å². The van der Waals surface area contributed by atoms with E-state index in [9.17, 15) is 17.6 Å². The molecule has 6 nitrogen and oxygen atoms in total. The molecule has 1 aliphatic carbocycles. The summed E-state index contributed by atoms with van der Waals surface area (Å²) in [4.78, 5) is 12.2. The average molecular weight is 404 g/mol. The molecule has 1 aromatic carbocycles. The second-order valence-corrected chi connectivity index (χ2v) is 9.30. The van der Waals surface area contributed by atoms with Crippen LogP contribution in [0.25, 0.3) is 6.08 Å². The van der Waals surface area contributed by atoms with Gasteiger partial charge in [0.05, 0.1) is 11.4 Å². The SMILES string of the molecule is CC1CC1c1ccc(/C=C/C(=O)Nc2ccc(F)c(N3CCCS3(=O)=O)c2)o1. The van der Waals surface area contributed by atoms with Gasteiger partial charge in [0, 0.05) is 24.2 Å². The lowest BCUT2D eigenvalue weighted by molar-refractivity contribution is -0.111. The van der Waals surface area contributed by atoms with Gasteiger partial charge in [0.15, 0.2) is 0 Å². The van der Waals surface area contributed by atoms with Crippen molar-refractivity contribution in [3.63, 3.8) is 0 Å². The summed E-state index contributed by atoms with van der Waals surface area (Å²) in [5.74, 6) is 1.57. The molecule has 2 unspecified atom stereocenters. The van der Waals surface area contributed by atoms with Crippen LogP contribution in [0.1, 0.15) is 37.2 Å². The summed E-state index contributed by atoms with van der Waals surface area (Å²) in [7, 11) is -3.50. The van der Waals surface area contributed by atoms with Crippen molar-refractivity contribution in [3.8, 4) is 0 Å². The fourth-order valence-corrected chi connectivity index (χ4v) is 4.97. The molecule has 28 heavy (non-hydrogen) atoms. The van der Waals surface area contributed by atoms with Crippen molar-refractivity contribution in [2.75, 3.05) is 21.9 Å². The van der Waals surface area contributed by atoms with Gasteiger partial charge in [-0.05, 0) is 55.2 Å². The Labute approximate surface area is 163 Å². The molecule has 148 valence electrons. The van der Waals surface area contributed by atoms with Gasteiger partial charge < -0.3 is 9.73 Å². The largest absolute Gasteiger partial charge is 0.461 e. The molecule has 1 amide bonds. The molecule has 2 aliphatic rings. The van der Waals surface area contributed by atoms with Crippen molar-refractivity contribution >= 4 is 33.4 Å². The Hall–Kier alpha value is -2.61. The van der Waals surface area contributed by atoms with E-state index in [-0.39, 0.29) is 18.0 Å². The molecule has 2 fully saturated rings. The highest BCUT2D eigenvalue weighted by Gasteiger charge is 2.36. The summed E-state index contributed by atoms with van der Waals surface area (Å²) in [6, 6.07) is 7.63. The molecule has 1 aliphatic heterocycles. The van der Waals surface area contributed by atoms with Crippen molar-refractivity contribution in [1.29, 1.82) is 0 Å². The molecule has 4 rings (SSSR count). The molecule has 8 heteroatoms.